The van der Waals surface area contributed by atoms with Crippen LogP contribution in [0.3, 0.4) is 0 Å². The molecule has 7 nitrogen and oxygen atoms in total. The predicted molar refractivity (Wildman–Crippen MR) is 87.4 cm³/mol. The van der Waals surface area contributed by atoms with Crippen molar-refractivity contribution in [3.05, 3.63) is 35.4 Å². The molecule has 1 aromatic rings. The van der Waals surface area contributed by atoms with Crippen LogP contribution in [0.15, 0.2) is 24.3 Å². The zero-order valence-corrected chi connectivity index (χ0v) is 14.3. The van der Waals surface area contributed by atoms with Crippen LogP contribution < -0.4 is 0 Å². The summed E-state index contributed by atoms with van der Waals surface area (Å²) in [5.41, 5.74) is 0.793. The van der Waals surface area contributed by atoms with Crippen molar-refractivity contribution in [2.75, 3.05) is 38.4 Å². The van der Waals surface area contributed by atoms with Gasteiger partial charge in [-0.25, -0.2) is 8.42 Å². The fourth-order valence-electron chi connectivity index (χ4n) is 3.19. The quantitative estimate of drug-likeness (QED) is 0.688. The number of hydrogen-bond acceptors (Lipinski definition) is 6. The molecule has 3 rings (SSSR count). The molecule has 0 aromatic heterocycles. The van der Waals surface area contributed by atoms with E-state index in [1.165, 1.54) is 4.90 Å². The summed E-state index contributed by atoms with van der Waals surface area (Å²) in [6, 6.07) is 6.51. The minimum Gasteiger partial charge on any atom is -0.383 e. The summed E-state index contributed by atoms with van der Waals surface area (Å²) in [5, 5.41) is 0. The van der Waals surface area contributed by atoms with Crippen molar-refractivity contribution in [2.24, 2.45) is 0 Å². The van der Waals surface area contributed by atoms with Crippen LogP contribution in [0.25, 0.3) is 0 Å². The maximum atomic E-state index is 12.5. The second kappa shape index (κ2) is 6.62. The Morgan fingerprint density at radius 1 is 1.21 bits per heavy atom. The number of benzene rings is 1. The molecule has 1 saturated heterocycles. The molecule has 2 amide bonds. The first-order chi connectivity index (χ1) is 11.4. The Hall–Kier alpha value is -1.77. The lowest BCUT2D eigenvalue weighted by molar-refractivity contribution is 0.0441. The molecule has 0 spiro atoms. The fraction of sp³-hybridized carbons (Fsp3) is 0.500. The molecule has 0 radical (unpaired) electrons. The molecule has 1 fully saturated rings. The lowest BCUT2D eigenvalue weighted by Crippen LogP contribution is -2.47. The maximum Gasteiger partial charge on any atom is 0.262 e. The number of ether oxygens (including phenoxy) is 1. The number of sulfone groups is 1. The molecule has 0 N–H and O–H groups in total. The molecule has 8 heteroatoms. The Balaban J connectivity index is 1.78. The molecule has 0 unspecified atom stereocenters. The second-order valence-corrected chi connectivity index (χ2v) is 8.32. The Morgan fingerprint density at radius 3 is 2.33 bits per heavy atom. The highest BCUT2D eigenvalue weighted by molar-refractivity contribution is 7.91. The first-order valence-electron chi connectivity index (χ1n) is 7.81. The topological polar surface area (TPSA) is 84.0 Å². The summed E-state index contributed by atoms with van der Waals surface area (Å²) in [7, 11) is -1.49. The number of nitrogens with zero attached hydrogens (tertiary/aromatic N) is 2. The molecule has 1 atom stereocenters. The van der Waals surface area contributed by atoms with Crippen molar-refractivity contribution >= 4 is 21.7 Å². The summed E-state index contributed by atoms with van der Waals surface area (Å²) in [5.74, 6) is -0.471. The van der Waals surface area contributed by atoms with Gasteiger partial charge in [-0.3, -0.25) is 19.4 Å². The van der Waals surface area contributed by atoms with E-state index in [1.54, 1.807) is 31.4 Å². The molecule has 0 bridgehead atoms. The van der Waals surface area contributed by atoms with Crippen LogP contribution in [0.2, 0.25) is 0 Å². The highest BCUT2D eigenvalue weighted by atomic mass is 32.2. The van der Waals surface area contributed by atoms with Gasteiger partial charge in [-0.05, 0) is 18.6 Å². The van der Waals surface area contributed by atoms with Crippen molar-refractivity contribution in [3.8, 4) is 0 Å². The fourth-order valence-corrected chi connectivity index (χ4v) is 4.95. The van der Waals surface area contributed by atoms with Crippen LogP contribution in [0.5, 0.6) is 0 Å². The second-order valence-electron chi connectivity index (χ2n) is 6.09. The van der Waals surface area contributed by atoms with Gasteiger partial charge < -0.3 is 4.74 Å². The van der Waals surface area contributed by atoms with Crippen LogP contribution in [-0.2, 0) is 14.6 Å². The summed E-state index contributed by atoms with van der Waals surface area (Å²) in [4.78, 5) is 28.0. The van der Waals surface area contributed by atoms with Gasteiger partial charge in [-0.2, -0.15) is 0 Å². The predicted octanol–water partition coefficient (Wildman–Crippen LogP) is 0.376. The average Bonchev–Trinajstić information content (AvgIpc) is 3.04. The van der Waals surface area contributed by atoms with Crippen molar-refractivity contribution < 1.29 is 22.7 Å². The largest absolute Gasteiger partial charge is 0.383 e. The Labute approximate surface area is 141 Å². The van der Waals surface area contributed by atoms with Crippen molar-refractivity contribution in [3.63, 3.8) is 0 Å². The van der Waals surface area contributed by atoms with Crippen molar-refractivity contribution in [1.82, 2.24) is 9.80 Å². The Kier molecular flexibility index (Phi) is 4.71. The van der Waals surface area contributed by atoms with E-state index < -0.39 is 9.84 Å². The molecule has 0 saturated carbocycles. The monoisotopic (exact) mass is 352 g/mol. The number of rotatable bonds is 6. The Morgan fingerprint density at radius 2 is 1.83 bits per heavy atom. The molecule has 0 aliphatic carbocycles. The number of methoxy groups -OCH3 is 1. The van der Waals surface area contributed by atoms with Crippen LogP contribution >= 0.6 is 0 Å². The van der Waals surface area contributed by atoms with Crippen LogP contribution in [-0.4, -0.2) is 74.5 Å². The van der Waals surface area contributed by atoms with E-state index in [2.05, 4.69) is 0 Å². The van der Waals surface area contributed by atoms with E-state index in [0.29, 0.717) is 30.7 Å². The SMILES string of the molecule is COCCN(CN1C(=O)c2ccccc2C1=O)[C@H]1CCS(=O)(=O)C1. The summed E-state index contributed by atoms with van der Waals surface area (Å²) >= 11 is 0. The molecule has 1 aromatic carbocycles. The zero-order valence-electron chi connectivity index (χ0n) is 13.5. The Bertz CT molecular complexity index is 726. The van der Waals surface area contributed by atoms with Gasteiger partial charge in [0, 0.05) is 19.7 Å². The molecule has 2 aliphatic rings. The number of carbonyl (C=O) groups excluding carboxylic acids is 2. The number of amides is 2. The highest BCUT2D eigenvalue weighted by Crippen LogP contribution is 2.24. The van der Waals surface area contributed by atoms with Gasteiger partial charge >= 0.3 is 0 Å². The molecule has 130 valence electrons. The third-order valence-electron chi connectivity index (χ3n) is 4.51. The van der Waals surface area contributed by atoms with Crippen molar-refractivity contribution in [1.29, 1.82) is 0 Å². The highest BCUT2D eigenvalue weighted by Gasteiger charge is 2.39. The van der Waals surface area contributed by atoms with Gasteiger partial charge in [0.05, 0.1) is 35.9 Å². The lowest BCUT2D eigenvalue weighted by atomic mass is 10.1. The standard InChI is InChI=1S/C16H20N2O5S/c1-23-8-7-17(12-6-9-24(21,22)10-12)11-18-15(19)13-4-2-3-5-14(13)16(18)20/h2-5,12H,6-11H2,1H3/t12-/m0/s1. The third-order valence-corrected chi connectivity index (χ3v) is 6.26. The normalized spacial score (nSPS) is 22.4. The maximum absolute atomic E-state index is 12.5. The molecular formula is C16H20N2O5S. The summed E-state index contributed by atoms with van der Waals surface area (Å²) in [6.45, 7) is 0.944. The first kappa shape index (κ1) is 17.1. The lowest BCUT2D eigenvalue weighted by Gasteiger charge is -2.31. The summed E-state index contributed by atoms with van der Waals surface area (Å²) < 4.78 is 28.6. The van der Waals surface area contributed by atoms with Crippen LogP contribution in [0.4, 0.5) is 0 Å². The van der Waals surface area contributed by atoms with Crippen LogP contribution in [0.1, 0.15) is 27.1 Å². The number of fused-ring (bicyclic) bond motifs is 1. The summed E-state index contributed by atoms with van der Waals surface area (Å²) in [6.07, 6.45) is 0.509. The van der Waals surface area contributed by atoms with E-state index in [1.807, 2.05) is 4.90 Å². The van der Waals surface area contributed by atoms with E-state index in [9.17, 15) is 18.0 Å². The van der Waals surface area contributed by atoms with E-state index in [-0.39, 0.29) is 36.0 Å². The van der Waals surface area contributed by atoms with Gasteiger partial charge in [0.15, 0.2) is 9.84 Å². The average molecular weight is 352 g/mol. The van der Waals surface area contributed by atoms with Gasteiger partial charge in [-0.1, -0.05) is 12.1 Å². The number of hydrogen-bond donors (Lipinski definition) is 0. The van der Waals surface area contributed by atoms with E-state index in [0.717, 1.165) is 0 Å². The van der Waals surface area contributed by atoms with Gasteiger partial charge in [0.1, 0.15) is 0 Å². The molecular weight excluding hydrogens is 332 g/mol. The van der Waals surface area contributed by atoms with Gasteiger partial charge in [-0.15, -0.1) is 0 Å². The first-order valence-corrected chi connectivity index (χ1v) is 9.64. The minimum absolute atomic E-state index is 0.0554. The molecule has 24 heavy (non-hydrogen) atoms. The number of imide groups is 1. The zero-order chi connectivity index (χ0) is 17.3. The number of carbonyl (C=O) groups is 2. The van der Waals surface area contributed by atoms with E-state index >= 15 is 0 Å². The molecule has 2 heterocycles. The third kappa shape index (κ3) is 3.22. The smallest absolute Gasteiger partial charge is 0.262 e. The van der Waals surface area contributed by atoms with Gasteiger partial charge in [0.2, 0.25) is 0 Å². The molecule has 2 aliphatic heterocycles. The van der Waals surface area contributed by atoms with Gasteiger partial charge in [0.25, 0.3) is 11.8 Å². The van der Waals surface area contributed by atoms with E-state index in [4.69, 9.17) is 4.74 Å². The van der Waals surface area contributed by atoms with Crippen LogP contribution in [0, 0.1) is 0 Å². The van der Waals surface area contributed by atoms with Crippen molar-refractivity contribution in [2.45, 2.75) is 12.5 Å². The minimum atomic E-state index is -3.05.